The Balaban J connectivity index is 0.00000225. The van der Waals surface area contributed by atoms with Crippen LogP contribution in [0.3, 0.4) is 0 Å². The van der Waals surface area contributed by atoms with Gasteiger partial charge in [-0.2, -0.15) is 0 Å². The number of hydrogen-bond donors (Lipinski definition) is 1. The zero-order valence-electron chi connectivity index (χ0n) is 14.2. The van der Waals surface area contributed by atoms with Crippen molar-refractivity contribution in [1.29, 1.82) is 0 Å². The monoisotopic (exact) mass is 400 g/mol. The summed E-state index contributed by atoms with van der Waals surface area (Å²) in [7, 11) is 1.38. The zero-order valence-corrected chi connectivity index (χ0v) is 16.6. The highest BCUT2D eigenvalue weighted by atomic mass is 35.5. The van der Waals surface area contributed by atoms with Crippen LogP contribution >= 0.6 is 35.1 Å². The quantitative estimate of drug-likeness (QED) is 0.779. The van der Waals surface area contributed by atoms with E-state index in [1.807, 2.05) is 17.5 Å². The lowest BCUT2D eigenvalue weighted by Crippen LogP contribution is -2.30. The summed E-state index contributed by atoms with van der Waals surface area (Å²) >= 11 is 3.05. The molecule has 2 aromatic rings. The summed E-state index contributed by atoms with van der Waals surface area (Å²) in [5.74, 6) is -0.475. The van der Waals surface area contributed by atoms with Crippen LogP contribution in [0.5, 0.6) is 0 Å². The number of carbonyl (C=O) groups is 2. The van der Waals surface area contributed by atoms with E-state index in [4.69, 9.17) is 4.74 Å². The van der Waals surface area contributed by atoms with Crippen molar-refractivity contribution in [1.82, 2.24) is 4.90 Å². The van der Waals surface area contributed by atoms with Gasteiger partial charge in [0, 0.05) is 22.8 Å². The molecule has 1 amide bonds. The van der Waals surface area contributed by atoms with Crippen LogP contribution in [0.1, 0.15) is 32.6 Å². The number of fused-ring (bicyclic) bond motifs is 1. The number of rotatable bonds is 5. The molecule has 1 aliphatic heterocycles. The Morgan fingerprint density at radius 3 is 2.84 bits per heavy atom. The van der Waals surface area contributed by atoms with Gasteiger partial charge in [0.05, 0.1) is 19.1 Å². The molecule has 0 atom stereocenters. The van der Waals surface area contributed by atoms with Gasteiger partial charge < -0.3 is 10.1 Å². The maximum Gasteiger partial charge on any atom is 0.341 e. The number of thiophene rings is 2. The van der Waals surface area contributed by atoms with E-state index in [0.29, 0.717) is 17.0 Å². The van der Waals surface area contributed by atoms with Crippen LogP contribution in [-0.4, -0.2) is 37.0 Å². The maximum atomic E-state index is 12.3. The third-order valence-electron chi connectivity index (χ3n) is 4.14. The minimum atomic E-state index is -0.371. The minimum Gasteiger partial charge on any atom is -0.465 e. The van der Waals surface area contributed by atoms with Gasteiger partial charge >= 0.3 is 5.97 Å². The third kappa shape index (κ3) is 4.41. The smallest absolute Gasteiger partial charge is 0.341 e. The molecule has 0 aromatic carbocycles. The van der Waals surface area contributed by atoms with Crippen molar-refractivity contribution in [2.45, 2.75) is 26.3 Å². The fourth-order valence-electron chi connectivity index (χ4n) is 2.87. The van der Waals surface area contributed by atoms with Crippen LogP contribution < -0.4 is 5.32 Å². The molecule has 0 unspecified atom stereocenters. The lowest BCUT2D eigenvalue weighted by atomic mass is 10.0. The molecular weight excluding hydrogens is 380 g/mol. The fraction of sp³-hybridized carbons (Fsp3) is 0.412. The van der Waals surface area contributed by atoms with Crippen molar-refractivity contribution < 1.29 is 14.3 Å². The molecule has 136 valence electrons. The predicted octanol–water partition coefficient (Wildman–Crippen LogP) is 3.58. The second-order valence-corrected chi connectivity index (χ2v) is 7.76. The number of ether oxygens (including phenoxy) is 1. The Hall–Kier alpha value is -1.41. The van der Waals surface area contributed by atoms with Gasteiger partial charge in [-0.3, -0.25) is 9.69 Å². The largest absolute Gasteiger partial charge is 0.465 e. The van der Waals surface area contributed by atoms with E-state index in [1.54, 1.807) is 11.3 Å². The highest BCUT2D eigenvalue weighted by molar-refractivity contribution is 7.17. The summed E-state index contributed by atoms with van der Waals surface area (Å²) in [4.78, 5) is 29.0. The topological polar surface area (TPSA) is 58.6 Å². The summed E-state index contributed by atoms with van der Waals surface area (Å²) in [6, 6.07) is 3.86. The molecule has 1 aliphatic rings. The van der Waals surface area contributed by atoms with Gasteiger partial charge in [-0.15, -0.1) is 35.1 Å². The lowest BCUT2D eigenvalue weighted by Gasteiger charge is -2.25. The normalized spacial score (nSPS) is 13.7. The van der Waals surface area contributed by atoms with Gasteiger partial charge in [0.1, 0.15) is 5.00 Å². The average molecular weight is 401 g/mol. The zero-order chi connectivity index (χ0) is 17.1. The van der Waals surface area contributed by atoms with Gasteiger partial charge in [0.2, 0.25) is 5.91 Å². The molecule has 8 heteroatoms. The molecule has 0 bridgehead atoms. The van der Waals surface area contributed by atoms with E-state index in [9.17, 15) is 9.59 Å². The molecule has 3 rings (SSSR count). The summed E-state index contributed by atoms with van der Waals surface area (Å²) in [6.07, 6.45) is 1.13. The Morgan fingerprint density at radius 2 is 2.20 bits per heavy atom. The number of methoxy groups -OCH3 is 1. The van der Waals surface area contributed by atoms with Crippen LogP contribution in [0, 0.1) is 0 Å². The lowest BCUT2D eigenvalue weighted by molar-refractivity contribution is -0.115. The molecule has 0 spiro atoms. The standard InChI is InChI=1S/C17H20N2O3S2.ClH/c1-3-19-7-6-12-13(10-19)24-16(15(12)17(21)22-2)18-14(20)9-11-5-4-8-23-11;/h4-5,8H,3,6-7,9-10H2,1-2H3,(H,18,20);1H. The van der Waals surface area contributed by atoms with Gasteiger partial charge in [-0.25, -0.2) is 4.79 Å². The third-order valence-corrected chi connectivity index (χ3v) is 6.15. The number of halogens is 1. The van der Waals surface area contributed by atoms with E-state index in [1.165, 1.54) is 18.4 Å². The summed E-state index contributed by atoms with van der Waals surface area (Å²) < 4.78 is 4.95. The van der Waals surface area contributed by atoms with E-state index >= 15 is 0 Å². The predicted molar refractivity (Wildman–Crippen MR) is 104 cm³/mol. The highest BCUT2D eigenvalue weighted by Crippen LogP contribution is 2.37. The van der Waals surface area contributed by atoms with Crippen molar-refractivity contribution >= 4 is 52.0 Å². The first-order chi connectivity index (χ1) is 11.6. The summed E-state index contributed by atoms with van der Waals surface area (Å²) in [6.45, 7) is 4.85. The SMILES string of the molecule is CCN1CCc2c(sc(NC(=O)Cc3cccs3)c2C(=O)OC)C1.Cl. The number of nitrogens with one attached hydrogen (secondary N) is 1. The first-order valence-corrected chi connectivity index (χ1v) is 9.59. The number of esters is 1. The average Bonchev–Trinajstić information content (AvgIpc) is 3.20. The van der Waals surface area contributed by atoms with Crippen molar-refractivity contribution in [3.63, 3.8) is 0 Å². The molecule has 25 heavy (non-hydrogen) atoms. The number of anilines is 1. The first-order valence-electron chi connectivity index (χ1n) is 7.89. The van der Waals surface area contributed by atoms with Gasteiger partial charge in [-0.1, -0.05) is 13.0 Å². The van der Waals surface area contributed by atoms with Gasteiger partial charge in [0.15, 0.2) is 0 Å². The molecule has 0 aliphatic carbocycles. The molecule has 2 aromatic heterocycles. The van der Waals surface area contributed by atoms with Crippen LogP contribution in [0.2, 0.25) is 0 Å². The van der Waals surface area contributed by atoms with Crippen LogP contribution in [-0.2, 0) is 28.9 Å². The van der Waals surface area contributed by atoms with Crippen molar-refractivity contribution in [3.05, 3.63) is 38.4 Å². The number of nitrogens with zero attached hydrogens (tertiary/aromatic N) is 1. The van der Waals surface area contributed by atoms with E-state index in [-0.39, 0.29) is 24.3 Å². The molecular formula is C17H21ClN2O3S2. The summed E-state index contributed by atoms with van der Waals surface area (Å²) in [5, 5.41) is 5.49. The van der Waals surface area contributed by atoms with Crippen LogP contribution in [0.15, 0.2) is 17.5 Å². The Labute approximate surface area is 161 Å². The first kappa shape index (κ1) is 19.9. The Bertz CT molecular complexity index is 743. The van der Waals surface area contributed by atoms with Crippen molar-refractivity contribution in [2.75, 3.05) is 25.5 Å². The van der Waals surface area contributed by atoms with Crippen molar-refractivity contribution in [2.24, 2.45) is 0 Å². The fourth-order valence-corrected chi connectivity index (χ4v) is 4.87. The minimum absolute atomic E-state index is 0. The number of carbonyl (C=O) groups excluding carboxylic acids is 2. The van der Waals surface area contributed by atoms with Crippen LogP contribution in [0.4, 0.5) is 5.00 Å². The number of likely N-dealkylation sites (N-methyl/N-ethyl adjacent to an activating group) is 1. The highest BCUT2D eigenvalue weighted by Gasteiger charge is 2.28. The second-order valence-electron chi connectivity index (χ2n) is 5.62. The molecule has 3 heterocycles. The molecule has 1 N–H and O–H groups in total. The second kappa shape index (κ2) is 8.80. The number of amides is 1. The Kier molecular flexibility index (Phi) is 7.01. The molecule has 5 nitrogen and oxygen atoms in total. The number of hydrogen-bond acceptors (Lipinski definition) is 6. The molecule has 0 saturated heterocycles. The van der Waals surface area contributed by atoms with Crippen LogP contribution in [0.25, 0.3) is 0 Å². The molecule has 0 saturated carbocycles. The van der Waals surface area contributed by atoms with Crippen molar-refractivity contribution in [3.8, 4) is 0 Å². The summed E-state index contributed by atoms with van der Waals surface area (Å²) in [5.41, 5.74) is 1.57. The van der Waals surface area contributed by atoms with E-state index in [0.717, 1.165) is 41.4 Å². The maximum absolute atomic E-state index is 12.3. The van der Waals surface area contributed by atoms with Gasteiger partial charge in [0.25, 0.3) is 0 Å². The van der Waals surface area contributed by atoms with E-state index in [2.05, 4.69) is 17.1 Å². The molecule has 0 radical (unpaired) electrons. The Morgan fingerprint density at radius 1 is 1.40 bits per heavy atom. The molecule has 0 fully saturated rings. The van der Waals surface area contributed by atoms with Gasteiger partial charge in [-0.05, 0) is 30.0 Å². The van der Waals surface area contributed by atoms with E-state index < -0.39 is 0 Å².